The minimum atomic E-state index is -0.492. The van der Waals surface area contributed by atoms with Gasteiger partial charge in [-0.3, -0.25) is 4.90 Å². The molecule has 0 aromatic carbocycles. The van der Waals surface area contributed by atoms with Crippen LogP contribution in [-0.2, 0) is 14.3 Å². The zero-order valence-electron chi connectivity index (χ0n) is 20.1. The first kappa shape index (κ1) is 27.5. The van der Waals surface area contributed by atoms with E-state index in [1.54, 1.807) is 0 Å². The molecule has 0 unspecified atom stereocenters. The van der Waals surface area contributed by atoms with Crippen molar-refractivity contribution in [3.63, 3.8) is 0 Å². The summed E-state index contributed by atoms with van der Waals surface area (Å²) >= 11 is 0. The number of likely N-dealkylation sites (tertiary alicyclic amines) is 1. The van der Waals surface area contributed by atoms with E-state index in [4.69, 9.17) is 9.47 Å². The second-order valence-corrected chi connectivity index (χ2v) is 8.83. The molecule has 0 aromatic rings. The van der Waals surface area contributed by atoms with E-state index in [0.29, 0.717) is 19.6 Å². The van der Waals surface area contributed by atoms with E-state index in [-0.39, 0.29) is 12.6 Å². The molecule has 0 N–H and O–H groups in total. The minimum Gasteiger partial charge on any atom is -0.464 e. The average Bonchev–Trinajstić information content (AvgIpc) is 3.27. The van der Waals surface area contributed by atoms with Crippen molar-refractivity contribution in [2.24, 2.45) is 0 Å². The van der Waals surface area contributed by atoms with Crippen LogP contribution in [0.5, 0.6) is 0 Å². The van der Waals surface area contributed by atoms with Crippen molar-refractivity contribution in [2.75, 3.05) is 19.8 Å². The van der Waals surface area contributed by atoms with Gasteiger partial charge in [-0.25, -0.2) is 9.59 Å². The molecular formula is C26H47NO4. The van der Waals surface area contributed by atoms with Gasteiger partial charge in [0.25, 0.3) is 0 Å². The molecule has 0 aliphatic carbocycles. The number of carbonyl (C=O) groups excluding carboxylic acids is 2. The summed E-state index contributed by atoms with van der Waals surface area (Å²) < 4.78 is 10.5. The number of unbranched alkanes of at least 4 members (excludes halogenated alkanes) is 14. The largest absolute Gasteiger partial charge is 0.464 e. The van der Waals surface area contributed by atoms with Gasteiger partial charge in [0.2, 0.25) is 0 Å². The number of amides is 1. The van der Waals surface area contributed by atoms with E-state index >= 15 is 0 Å². The minimum absolute atomic E-state index is 0.163. The highest BCUT2D eigenvalue weighted by Gasteiger charge is 2.36. The maximum Gasteiger partial charge on any atom is 0.410 e. The first-order valence-corrected chi connectivity index (χ1v) is 12.9. The number of esters is 1. The Bertz CT molecular complexity index is 480. The molecule has 5 heteroatoms. The van der Waals surface area contributed by atoms with Crippen molar-refractivity contribution in [3.8, 4) is 0 Å². The predicted molar refractivity (Wildman–Crippen MR) is 127 cm³/mol. The first-order valence-electron chi connectivity index (χ1n) is 12.9. The number of carbonyl (C=O) groups is 2. The summed E-state index contributed by atoms with van der Waals surface area (Å²) in [5, 5.41) is 0. The van der Waals surface area contributed by atoms with Gasteiger partial charge < -0.3 is 9.47 Å². The highest BCUT2D eigenvalue weighted by molar-refractivity contribution is 5.82. The first-order chi connectivity index (χ1) is 15.2. The van der Waals surface area contributed by atoms with Gasteiger partial charge >= 0.3 is 12.1 Å². The second-order valence-electron chi connectivity index (χ2n) is 8.83. The van der Waals surface area contributed by atoms with Gasteiger partial charge in [-0.15, -0.1) is 0 Å². The van der Waals surface area contributed by atoms with Crippen LogP contribution >= 0.6 is 0 Å². The van der Waals surface area contributed by atoms with Crippen LogP contribution in [0.4, 0.5) is 4.79 Å². The summed E-state index contributed by atoms with van der Waals surface area (Å²) in [5.41, 5.74) is 0. The van der Waals surface area contributed by atoms with E-state index in [1.165, 1.54) is 94.4 Å². The van der Waals surface area contributed by atoms with E-state index < -0.39 is 12.1 Å². The summed E-state index contributed by atoms with van der Waals surface area (Å²) in [6, 6.07) is -0.492. The summed E-state index contributed by atoms with van der Waals surface area (Å²) in [5.74, 6) is -0.293. The van der Waals surface area contributed by atoms with Gasteiger partial charge in [-0.2, -0.15) is 0 Å². The molecule has 1 amide bonds. The Morgan fingerprint density at radius 3 is 1.87 bits per heavy atom. The molecule has 31 heavy (non-hydrogen) atoms. The van der Waals surface area contributed by atoms with Crippen molar-refractivity contribution in [3.05, 3.63) is 12.7 Å². The number of hydrogen-bond donors (Lipinski definition) is 0. The van der Waals surface area contributed by atoms with Crippen LogP contribution in [0.15, 0.2) is 12.7 Å². The lowest BCUT2D eigenvalue weighted by molar-refractivity contribution is -0.148. The molecule has 1 fully saturated rings. The quantitative estimate of drug-likeness (QED) is 0.122. The second kappa shape index (κ2) is 19.2. The van der Waals surface area contributed by atoms with Gasteiger partial charge in [-0.1, -0.05) is 109 Å². The van der Waals surface area contributed by atoms with E-state index in [2.05, 4.69) is 13.5 Å². The number of rotatable bonds is 19. The van der Waals surface area contributed by atoms with Crippen molar-refractivity contribution in [1.29, 1.82) is 0 Å². The monoisotopic (exact) mass is 437 g/mol. The number of hydrogen-bond acceptors (Lipinski definition) is 4. The molecule has 0 aromatic heterocycles. The van der Waals surface area contributed by atoms with Gasteiger partial charge in [0, 0.05) is 6.54 Å². The maximum absolute atomic E-state index is 12.3. The van der Waals surface area contributed by atoms with E-state index in [1.807, 2.05) is 0 Å². The highest BCUT2D eigenvalue weighted by Crippen LogP contribution is 2.20. The van der Waals surface area contributed by atoms with Gasteiger partial charge in [0.1, 0.15) is 12.6 Å². The standard InChI is InChI=1S/C26H47NO4/c1-3-5-6-7-8-9-10-11-12-13-14-15-16-17-18-23-30-25(28)24-20-19-21-27(24)26(29)31-22-4-2/h4,24H,2-3,5-23H2,1H3/t24-/m0/s1. The average molecular weight is 438 g/mol. The van der Waals surface area contributed by atoms with Gasteiger partial charge in [0.05, 0.1) is 6.61 Å². The molecule has 1 aliphatic heterocycles. The zero-order chi connectivity index (χ0) is 22.6. The smallest absolute Gasteiger partial charge is 0.410 e. The number of nitrogens with zero attached hydrogens (tertiary/aromatic N) is 1. The molecule has 1 atom stereocenters. The lowest BCUT2D eigenvalue weighted by atomic mass is 10.0. The molecule has 5 nitrogen and oxygen atoms in total. The van der Waals surface area contributed by atoms with Crippen molar-refractivity contribution < 1.29 is 19.1 Å². The van der Waals surface area contributed by atoms with E-state index in [9.17, 15) is 9.59 Å². The topological polar surface area (TPSA) is 55.8 Å². The Kier molecular flexibility index (Phi) is 17.0. The Morgan fingerprint density at radius 1 is 0.839 bits per heavy atom. The Labute approximate surface area is 190 Å². The molecule has 1 saturated heterocycles. The van der Waals surface area contributed by atoms with Crippen molar-refractivity contribution >= 4 is 12.1 Å². The fourth-order valence-electron chi connectivity index (χ4n) is 4.19. The summed E-state index contributed by atoms with van der Waals surface area (Å²) in [6.45, 7) is 6.96. The summed E-state index contributed by atoms with van der Waals surface area (Å²) in [6.07, 6.45) is 22.3. The molecule has 1 aliphatic rings. The molecule has 0 saturated carbocycles. The maximum atomic E-state index is 12.3. The molecule has 0 spiro atoms. The van der Waals surface area contributed by atoms with Crippen molar-refractivity contribution in [2.45, 2.75) is 122 Å². The summed E-state index contributed by atoms with van der Waals surface area (Å²) in [4.78, 5) is 25.8. The SMILES string of the molecule is C=CCOC(=O)N1CCC[C@H]1C(=O)OCCCCCCCCCCCCCCCCC. The fraction of sp³-hybridized carbons (Fsp3) is 0.846. The third-order valence-electron chi connectivity index (χ3n) is 6.08. The lowest BCUT2D eigenvalue weighted by Crippen LogP contribution is -2.41. The Morgan fingerprint density at radius 2 is 1.35 bits per heavy atom. The summed E-state index contributed by atoms with van der Waals surface area (Å²) in [7, 11) is 0. The Balaban J connectivity index is 1.91. The highest BCUT2D eigenvalue weighted by atomic mass is 16.6. The lowest BCUT2D eigenvalue weighted by Gasteiger charge is -2.22. The molecule has 1 rings (SSSR count). The van der Waals surface area contributed by atoms with Crippen LogP contribution in [0, 0.1) is 0 Å². The van der Waals surface area contributed by atoms with E-state index in [0.717, 1.165) is 19.3 Å². The van der Waals surface area contributed by atoms with Crippen molar-refractivity contribution in [1.82, 2.24) is 4.90 Å². The van der Waals surface area contributed by atoms with Crippen LogP contribution in [0.2, 0.25) is 0 Å². The van der Waals surface area contributed by atoms with Crippen LogP contribution < -0.4 is 0 Å². The van der Waals surface area contributed by atoms with Gasteiger partial charge in [0.15, 0.2) is 0 Å². The molecule has 0 bridgehead atoms. The van der Waals surface area contributed by atoms with Crippen LogP contribution in [0.1, 0.15) is 116 Å². The third-order valence-corrected chi connectivity index (χ3v) is 6.08. The van der Waals surface area contributed by atoms with Crippen LogP contribution in [0.3, 0.4) is 0 Å². The normalized spacial score (nSPS) is 15.8. The molecule has 1 heterocycles. The zero-order valence-corrected chi connectivity index (χ0v) is 20.1. The third kappa shape index (κ3) is 13.5. The van der Waals surface area contributed by atoms with Crippen LogP contribution in [0.25, 0.3) is 0 Å². The predicted octanol–water partition coefficient (Wildman–Crippen LogP) is 7.19. The fourth-order valence-corrected chi connectivity index (χ4v) is 4.19. The molecule has 180 valence electrons. The van der Waals surface area contributed by atoms with Crippen LogP contribution in [-0.4, -0.2) is 42.8 Å². The van der Waals surface area contributed by atoms with Gasteiger partial charge in [-0.05, 0) is 19.3 Å². The molecular weight excluding hydrogens is 390 g/mol. The number of ether oxygens (including phenoxy) is 2. The Hall–Kier alpha value is -1.52. The molecule has 0 radical (unpaired) electrons.